The van der Waals surface area contributed by atoms with E-state index in [0.29, 0.717) is 28.6 Å². The molecule has 4 aromatic rings. The van der Waals surface area contributed by atoms with Crippen molar-refractivity contribution in [3.63, 3.8) is 0 Å². The molecule has 0 aromatic heterocycles. The van der Waals surface area contributed by atoms with E-state index in [1.165, 1.54) is 23.1 Å². The number of nitrogens with one attached hydrogen (secondary N) is 1. The molecule has 0 heterocycles. The molecular weight excluding hydrogens is 617 g/mol. The van der Waals surface area contributed by atoms with Crippen LogP contribution in [0, 0.1) is 6.92 Å². The molecule has 10 heteroatoms. The molecule has 1 atom stereocenters. The van der Waals surface area contributed by atoms with Crippen LogP contribution in [-0.4, -0.2) is 44.3 Å². The molecule has 0 spiro atoms. The fourth-order valence-electron chi connectivity index (χ4n) is 4.75. The quantitative estimate of drug-likeness (QED) is 0.175. The van der Waals surface area contributed by atoms with E-state index in [0.717, 1.165) is 15.4 Å². The van der Waals surface area contributed by atoms with Gasteiger partial charge < -0.3 is 10.2 Å². The van der Waals surface area contributed by atoms with Crippen molar-refractivity contribution in [1.29, 1.82) is 0 Å². The van der Waals surface area contributed by atoms with Crippen molar-refractivity contribution in [2.24, 2.45) is 0 Å². The van der Waals surface area contributed by atoms with Gasteiger partial charge in [-0.1, -0.05) is 96.4 Å². The van der Waals surface area contributed by atoms with Crippen molar-refractivity contribution in [3.05, 3.63) is 130 Å². The zero-order chi connectivity index (χ0) is 31.7. The number of hydrogen-bond acceptors (Lipinski definition) is 4. The summed E-state index contributed by atoms with van der Waals surface area (Å²) < 4.78 is 29.2. The fraction of sp³-hybridized carbons (Fsp3) is 0.235. The Balaban J connectivity index is 1.80. The van der Waals surface area contributed by atoms with E-state index >= 15 is 0 Å². The first-order valence-corrected chi connectivity index (χ1v) is 16.5. The monoisotopic (exact) mass is 651 g/mol. The molecule has 0 saturated heterocycles. The number of rotatable bonds is 13. The normalized spacial score (nSPS) is 11.9. The van der Waals surface area contributed by atoms with E-state index in [1.54, 1.807) is 48.5 Å². The second kappa shape index (κ2) is 15.2. The molecule has 4 aromatic carbocycles. The smallest absolute Gasteiger partial charge is 0.264 e. The van der Waals surface area contributed by atoms with Gasteiger partial charge in [-0.3, -0.25) is 13.9 Å². The molecule has 0 aliphatic rings. The predicted octanol–water partition coefficient (Wildman–Crippen LogP) is 6.66. The molecule has 0 fully saturated rings. The lowest BCUT2D eigenvalue weighted by molar-refractivity contribution is -0.140. The predicted molar refractivity (Wildman–Crippen MR) is 176 cm³/mol. The summed E-state index contributed by atoms with van der Waals surface area (Å²) in [4.78, 5) is 29.6. The van der Waals surface area contributed by atoms with Crippen molar-refractivity contribution < 1.29 is 18.0 Å². The van der Waals surface area contributed by atoms with Gasteiger partial charge in [-0.05, 0) is 66.9 Å². The van der Waals surface area contributed by atoms with Gasteiger partial charge in [-0.2, -0.15) is 0 Å². The summed E-state index contributed by atoms with van der Waals surface area (Å²) >= 11 is 12.6. The second-order valence-electron chi connectivity index (χ2n) is 10.5. The Kier molecular flexibility index (Phi) is 11.4. The minimum Gasteiger partial charge on any atom is -0.354 e. The van der Waals surface area contributed by atoms with Gasteiger partial charge in [-0.15, -0.1) is 0 Å². The molecule has 0 saturated carbocycles. The van der Waals surface area contributed by atoms with Crippen LogP contribution in [0.25, 0.3) is 0 Å². The zero-order valence-corrected chi connectivity index (χ0v) is 26.9. The van der Waals surface area contributed by atoms with Gasteiger partial charge in [-0.25, -0.2) is 8.42 Å². The highest BCUT2D eigenvalue weighted by atomic mass is 35.5. The van der Waals surface area contributed by atoms with Crippen molar-refractivity contribution in [1.82, 2.24) is 10.2 Å². The van der Waals surface area contributed by atoms with Crippen LogP contribution in [0.15, 0.2) is 108 Å². The first-order valence-electron chi connectivity index (χ1n) is 14.3. The van der Waals surface area contributed by atoms with E-state index in [1.807, 2.05) is 50.2 Å². The number of benzene rings is 4. The number of nitrogens with zero attached hydrogens (tertiary/aromatic N) is 2. The molecule has 0 unspecified atom stereocenters. The Morgan fingerprint density at radius 1 is 0.818 bits per heavy atom. The van der Waals surface area contributed by atoms with Crippen LogP contribution in [0.3, 0.4) is 0 Å². The van der Waals surface area contributed by atoms with Crippen LogP contribution in [0.2, 0.25) is 10.0 Å². The highest BCUT2D eigenvalue weighted by Crippen LogP contribution is 2.27. The summed E-state index contributed by atoms with van der Waals surface area (Å²) in [6.07, 6.45) is 0.938. The summed E-state index contributed by atoms with van der Waals surface area (Å²) in [5.74, 6) is -0.894. The fourth-order valence-corrected chi connectivity index (χ4v) is 6.55. The molecule has 2 amide bonds. The number of halogens is 2. The third kappa shape index (κ3) is 8.62. The van der Waals surface area contributed by atoms with Gasteiger partial charge in [0.25, 0.3) is 10.0 Å². The molecule has 7 nitrogen and oxygen atoms in total. The van der Waals surface area contributed by atoms with Gasteiger partial charge in [0.1, 0.15) is 12.6 Å². The standard InChI is InChI=1S/C34H35Cl2N3O4S/c1-3-19-37-34(41)32(21-26-9-5-4-6-10-26)38(23-27-11-7-12-28(35)20-27)33(40)24-39(30-14-8-13-29(36)22-30)44(42,43)31-17-15-25(2)16-18-31/h4-18,20,22,32H,3,19,21,23-24H2,1-2H3,(H,37,41)/t32-/m0/s1. The minimum absolute atomic E-state index is 0.0267. The Morgan fingerprint density at radius 2 is 1.45 bits per heavy atom. The summed E-state index contributed by atoms with van der Waals surface area (Å²) in [5, 5.41) is 3.73. The average Bonchev–Trinajstić information content (AvgIpc) is 3.01. The Hall–Kier alpha value is -3.85. The SMILES string of the molecule is CCCNC(=O)[C@H](Cc1ccccc1)N(Cc1cccc(Cl)c1)C(=O)CN(c1cccc(Cl)c1)S(=O)(=O)c1ccc(C)cc1. The zero-order valence-electron chi connectivity index (χ0n) is 24.6. The van der Waals surface area contributed by atoms with Crippen molar-refractivity contribution in [3.8, 4) is 0 Å². The largest absolute Gasteiger partial charge is 0.354 e. The summed E-state index contributed by atoms with van der Waals surface area (Å²) in [6.45, 7) is 3.70. The Bertz CT molecular complexity index is 1680. The first kappa shape index (κ1) is 33.1. The number of anilines is 1. The topological polar surface area (TPSA) is 86.8 Å². The van der Waals surface area contributed by atoms with Gasteiger partial charge >= 0.3 is 0 Å². The van der Waals surface area contributed by atoms with E-state index in [-0.39, 0.29) is 29.5 Å². The summed E-state index contributed by atoms with van der Waals surface area (Å²) in [6, 6.07) is 28.2. The van der Waals surface area contributed by atoms with Crippen LogP contribution in [0.5, 0.6) is 0 Å². The third-order valence-electron chi connectivity index (χ3n) is 7.05. The molecule has 4 rings (SSSR count). The van der Waals surface area contributed by atoms with E-state index in [9.17, 15) is 18.0 Å². The molecule has 0 aliphatic heterocycles. The molecule has 0 bridgehead atoms. The maximum absolute atomic E-state index is 14.4. The highest BCUT2D eigenvalue weighted by molar-refractivity contribution is 7.92. The van der Waals surface area contributed by atoms with Crippen LogP contribution >= 0.6 is 23.2 Å². The molecule has 0 aliphatic carbocycles. The van der Waals surface area contributed by atoms with Crippen LogP contribution in [0.1, 0.15) is 30.0 Å². The number of amides is 2. The van der Waals surface area contributed by atoms with Gasteiger partial charge in [0, 0.05) is 29.6 Å². The molecule has 230 valence electrons. The second-order valence-corrected chi connectivity index (χ2v) is 13.2. The lowest BCUT2D eigenvalue weighted by atomic mass is 10.0. The molecule has 44 heavy (non-hydrogen) atoms. The number of carbonyl (C=O) groups is 2. The van der Waals surface area contributed by atoms with Crippen LogP contribution in [0.4, 0.5) is 5.69 Å². The number of hydrogen-bond donors (Lipinski definition) is 1. The maximum Gasteiger partial charge on any atom is 0.264 e. The van der Waals surface area contributed by atoms with Crippen molar-refractivity contribution >= 4 is 50.7 Å². The highest BCUT2D eigenvalue weighted by Gasteiger charge is 2.34. The molecule has 0 radical (unpaired) electrons. The number of aryl methyl sites for hydroxylation is 1. The van der Waals surface area contributed by atoms with Crippen molar-refractivity contribution in [2.45, 2.75) is 44.2 Å². The van der Waals surface area contributed by atoms with E-state index in [2.05, 4.69) is 5.32 Å². The van der Waals surface area contributed by atoms with Crippen LogP contribution < -0.4 is 9.62 Å². The van der Waals surface area contributed by atoms with Crippen LogP contribution in [-0.2, 0) is 32.6 Å². The van der Waals surface area contributed by atoms with Gasteiger partial charge in [0.15, 0.2) is 0 Å². The van der Waals surface area contributed by atoms with Gasteiger partial charge in [0.2, 0.25) is 11.8 Å². The molecule has 1 N–H and O–H groups in total. The minimum atomic E-state index is -4.21. The average molecular weight is 653 g/mol. The Morgan fingerprint density at radius 3 is 2.09 bits per heavy atom. The van der Waals surface area contributed by atoms with Crippen molar-refractivity contribution in [2.75, 3.05) is 17.4 Å². The summed E-state index contributed by atoms with van der Waals surface area (Å²) in [5.41, 5.74) is 2.67. The first-order chi connectivity index (χ1) is 21.1. The third-order valence-corrected chi connectivity index (χ3v) is 9.30. The summed E-state index contributed by atoms with van der Waals surface area (Å²) in [7, 11) is -4.21. The lowest BCUT2D eigenvalue weighted by Crippen LogP contribution is -2.53. The van der Waals surface area contributed by atoms with Gasteiger partial charge in [0.05, 0.1) is 10.6 Å². The van der Waals surface area contributed by atoms with E-state index < -0.39 is 28.5 Å². The molecular formula is C34H35Cl2N3O4S. The lowest BCUT2D eigenvalue weighted by Gasteiger charge is -2.34. The number of sulfonamides is 1. The Labute approximate surface area is 269 Å². The number of carbonyl (C=O) groups excluding carboxylic acids is 2. The maximum atomic E-state index is 14.4. The van der Waals surface area contributed by atoms with E-state index in [4.69, 9.17) is 23.2 Å².